The summed E-state index contributed by atoms with van der Waals surface area (Å²) in [7, 11) is 0. The molecule has 1 aliphatic heterocycles. The van der Waals surface area contributed by atoms with Crippen molar-refractivity contribution in [3.8, 4) is 0 Å². The number of H-pyrrole nitrogens is 1. The Morgan fingerprint density at radius 3 is 2.54 bits per heavy atom. The lowest BCUT2D eigenvalue weighted by Gasteiger charge is -2.71. The van der Waals surface area contributed by atoms with Crippen LogP contribution in [0, 0.1) is 44.8 Å². The Balaban J connectivity index is 1.33. The highest BCUT2D eigenvalue weighted by molar-refractivity contribution is 5.82. The number of ether oxygens (including phenoxy) is 2. The van der Waals surface area contributed by atoms with E-state index in [-0.39, 0.29) is 39.0 Å². The lowest BCUT2D eigenvalue weighted by atomic mass is 9.32. The highest BCUT2D eigenvalue weighted by Gasteiger charge is 2.70. The molecule has 8 rings (SSSR count). The maximum atomic E-state index is 14.6. The standard InChI is InChI=1S/C44H66N4O4/c1-9-10-20-52-38(49)44-16-14-39(2,3)26-31(44)35-29(28-12-21-51-32(28)27-48-18-22-50-23-19-48)24-34-41(6)25-30-36(46-47-37(30)45)40(4,5)33(41)11-13-42(34,7)43(35,8)15-17-44/h12,21,31,33-34H,9-11,13-20,22-27H2,1-8H3,(H3,45,46,47)/t31-,33-,34?,41-,42+,43+,44-/m0/s1. The molecule has 0 radical (unpaired) electrons. The van der Waals surface area contributed by atoms with Gasteiger partial charge in [0.15, 0.2) is 0 Å². The van der Waals surface area contributed by atoms with Gasteiger partial charge >= 0.3 is 5.97 Å². The number of nitrogens with zero attached hydrogens (tertiary/aromatic N) is 2. The van der Waals surface area contributed by atoms with Gasteiger partial charge in [-0.15, -0.1) is 0 Å². The fourth-order valence-corrected chi connectivity index (χ4v) is 13.6. The van der Waals surface area contributed by atoms with Gasteiger partial charge in [-0.1, -0.05) is 67.4 Å². The van der Waals surface area contributed by atoms with E-state index in [9.17, 15) is 4.79 Å². The van der Waals surface area contributed by atoms with Crippen molar-refractivity contribution in [2.75, 3.05) is 38.6 Å². The lowest BCUT2D eigenvalue weighted by molar-refractivity contribution is -0.180. The van der Waals surface area contributed by atoms with Gasteiger partial charge < -0.3 is 19.6 Å². The fraction of sp³-hybridized carbons (Fsp3) is 0.773. The second kappa shape index (κ2) is 12.5. The monoisotopic (exact) mass is 715 g/mol. The summed E-state index contributed by atoms with van der Waals surface area (Å²) in [6, 6.07) is 2.27. The third-order valence-corrected chi connectivity index (χ3v) is 16.6. The molecule has 0 amide bonds. The van der Waals surface area contributed by atoms with E-state index in [1.807, 2.05) is 6.26 Å². The molecular weight excluding hydrogens is 649 g/mol. The van der Waals surface area contributed by atoms with Crippen LogP contribution in [0.3, 0.4) is 0 Å². The summed E-state index contributed by atoms with van der Waals surface area (Å²) in [5, 5.41) is 8.03. The number of nitrogens with one attached hydrogen (secondary N) is 1. The number of anilines is 1. The molecule has 52 heavy (non-hydrogen) atoms. The Hall–Kier alpha value is -2.58. The number of aromatic amines is 1. The molecule has 1 unspecified atom stereocenters. The van der Waals surface area contributed by atoms with Crippen LogP contribution >= 0.6 is 0 Å². The van der Waals surface area contributed by atoms with Gasteiger partial charge in [0, 0.05) is 29.6 Å². The second-order valence-electron chi connectivity index (χ2n) is 20.1. The fourth-order valence-electron chi connectivity index (χ4n) is 13.6. The van der Waals surface area contributed by atoms with Gasteiger partial charge in [-0.05, 0) is 115 Å². The molecule has 3 saturated carbocycles. The number of allylic oxidation sites excluding steroid dienone is 2. The van der Waals surface area contributed by atoms with Crippen LogP contribution in [0.2, 0.25) is 0 Å². The molecule has 0 spiro atoms. The van der Waals surface area contributed by atoms with Crippen molar-refractivity contribution in [3.05, 3.63) is 40.5 Å². The molecule has 0 aromatic carbocycles. The average Bonchev–Trinajstić information content (AvgIpc) is 3.71. The van der Waals surface area contributed by atoms with Crippen molar-refractivity contribution in [1.82, 2.24) is 15.1 Å². The van der Waals surface area contributed by atoms with Crippen LogP contribution in [0.25, 0.3) is 5.57 Å². The van der Waals surface area contributed by atoms with Crippen LogP contribution in [0.15, 0.2) is 22.3 Å². The van der Waals surface area contributed by atoms with Crippen molar-refractivity contribution >= 4 is 17.4 Å². The summed E-state index contributed by atoms with van der Waals surface area (Å²) >= 11 is 0. The minimum absolute atomic E-state index is 0.0227. The van der Waals surface area contributed by atoms with Gasteiger partial charge in [-0.25, -0.2) is 0 Å². The van der Waals surface area contributed by atoms with Gasteiger partial charge in [-0.2, -0.15) is 5.10 Å². The van der Waals surface area contributed by atoms with E-state index < -0.39 is 5.41 Å². The van der Waals surface area contributed by atoms with Crippen LogP contribution in [0.5, 0.6) is 0 Å². The van der Waals surface area contributed by atoms with Crippen molar-refractivity contribution in [3.63, 3.8) is 0 Å². The number of nitrogens with two attached hydrogens (primary N) is 1. The van der Waals surface area contributed by atoms with Crippen molar-refractivity contribution in [2.24, 2.45) is 44.8 Å². The van der Waals surface area contributed by atoms with E-state index in [4.69, 9.17) is 24.7 Å². The number of nitrogen functional groups attached to an aromatic ring is 1. The van der Waals surface area contributed by atoms with Crippen molar-refractivity contribution < 1.29 is 18.7 Å². The maximum Gasteiger partial charge on any atom is 0.312 e. The zero-order chi connectivity index (χ0) is 36.9. The van der Waals surface area contributed by atoms with E-state index in [0.717, 1.165) is 102 Å². The number of aromatic nitrogens is 2. The highest BCUT2D eigenvalue weighted by atomic mass is 16.5. The zero-order valence-electron chi connectivity index (χ0n) is 33.5. The number of rotatable bonds is 7. The molecule has 2 aromatic rings. The second-order valence-corrected chi connectivity index (χ2v) is 20.1. The molecule has 6 aliphatic rings. The largest absolute Gasteiger partial charge is 0.467 e. The van der Waals surface area contributed by atoms with Gasteiger partial charge in [0.25, 0.3) is 0 Å². The number of unbranched alkanes of at least 4 members (excludes halogenated alkanes) is 1. The first-order valence-corrected chi connectivity index (χ1v) is 20.7. The first kappa shape index (κ1) is 36.4. The number of carbonyl (C=O) groups excluding carboxylic acids is 1. The molecule has 8 heteroatoms. The topological polar surface area (TPSA) is 107 Å². The molecule has 1 saturated heterocycles. The summed E-state index contributed by atoms with van der Waals surface area (Å²) < 4.78 is 18.5. The van der Waals surface area contributed by atoms with E-state index in [1.165, 1.54) is 35.2 Å². The van der Waals surface area contributed by atoms with Crippen LogP contribution in [0.4, 0.5) is 5.82 Å². The summed E-state index contributed by atoms with van der Waals surface area (Å²) in [4.78, 5) is 17.1. The molecule has 5 aliphatic carbocycles. The molecule has 7 atom stereocenters. The third kappa shape index (κ3) is 5.18. The van der Waals surface area contributed by atoms with Crippen molar-refractivity contribution in [2.45, 2.75) is 138 Å². The smallest absolute Gasteiger partial charge is 0.312 e. The van der Waals surface area contributed by atoms with Crippen LogP contribution in [0.1, 0.15) is 142 Å². The Labute approximate surface area is 312 Å². The van der Waals surface area contributed by atoms with E-state index >= 15 is 0 Å². The van der Waals surface area contributed by atoms with Crippen LogP contribution in [-0.4, -0.2) is 54.0 Å². The summed E-state index contributed by atoms with van der Waals surface area (Å²) in [6.45, 7) is 24.4. The minimum Gasteiger partial charge on any atom is -0.467 e. The molecule has 8 nitrogen and oxygen atoms in total. The predicted molar refractivity (Wildman–Crippen MR) is 205 cm³/mol. The van der Waals surface area contributed by atoms with E-state index in [2.05, 4.69) is 71.5 Å². The Kier molecular flexibility index (Phi) is 8.73. The Morgan fingerprint density at radius 1 is 1.04 bits per heavy atom. The highest BCUT2D eigenvalue weighted by Crippen LogP contribution is 2.77. The molecule has 0 bridgehead atoms. The predicted octanol–water partition coefficient (Wildman–Crippen LogP) is 9.10. The first-order valence-electron chi connectivity index (χ1n) is 20.7. The number of hydrogen-bond donors (Lipinski definition) is 2. The number of carbonyl (C=O) groups is 1. The summed E-state index contributed by atoms with van der Waals surface area (Å²) in [5.41, 5.74) is 13.0. The molecule has 3 N–H and O–H groups in total. The van der Waals surface area contributed by atoms with Crippen LogP contribution < -0.4 is 5.73 Å². The van der Waals surface area contributed by atoms with Gasteiger partial charge in [0.05, 0.1) is 43.7 Å². The normalized spacial score (nSPS) is 38.0. The average molecular weight is 715 g/mol. The zero-order valence-corrected chi connectivity index (χ0v) is 33.5. The van der Waals surface area contributed by atoms with Gasteiger partial charge in [0.1, 0.15) is 11.6 Å². The molecule has 4 fully saturated rings. The van der Waals surface area contributed by atoms with Gasteiger partial charge in [-0.3, -0.25) is 14.8 Å². The number of esters is 1. The molecular formula is C44H66N4O4. The molecule has 286 valence electrons. The number of fused-ring (bicyclic) bond motifs is 8. The molecule has 3 heterocycles. The quantitative estimate of drug-likeness (QED) is 0.218. The van der Waals surface area contributed by atoms with E-state index in [1.54, 1.807) is 5.57 Å². The summed E-state index contributed by atoms with van der Waals surface area (Å²) in [5.74, 6) is 2.93. The van der Waals surface area contributed by atoms with E-state index in [0.29, 0.717) is 18.4 Å². The van der Waals surface area contributed by atoms with Gasteiger partial charge in [0.2, 0.25) is 0 Å². The maximum absolute atomic E-state index is 14.6. The van der Waals surface area contributed by atoms with Crippen molar-refractivity contribution in [1.29, 1.82) is 0 Å². The number of morpholine rings is 1. The molecule has 2 aromatic heterocycles. The number of furan rings is 1. The SMILES string of the molecule is CCCCOC(=O)[C@]12CCC(C)(C)C[C@H]1C1=C(c3ccoc3CN3CCOCC3)CC3[C@@]4(C)Cc5c(n[nH]c5N)C(C)(C)[C@@H]4CC[C@@]3(C)[C@]1(C)CC2. The lowest BCUT2D eigenvalue weighted by Crippen LogP contribution is -2.65. The van der Waals surface area contributed by atoms with Crippen LogP contribution in [-0.2, 0) is 32.6 Å². The first-order chi connectivity index (χ1) is 24.6. The minimum atomic E-state index is -0.477. The Morgan fingerprint density at radius 2 is 1.79 bits per heavy atom. The Bertz CT molecular complexity index is 1730. The number of hydrogen-bond acceptors (Lipinski definition) is 7. The summed E-state index contributed by atoms with van der Waals surface area (Å²) in [6.07, 6.45) is 13.1. The third-order valence-electron chi connectivity index (χ3n) is 16.6.